The second-order valence-electron chi connectivity index (χ2n) is 8.04. The van der Waals surface area contributed by atoms with Crippen LogP contribution in [0.4, 0.5) is 14.4 Å². The van der Waals surface area contributed by atoms with Gasteiger partial charge < -0.3 is 38.9 Å². The van der Waals surface area contributed by atoms with Crippen molar-refractivity contribution in [1.82, 2.24) is 0 Å². The fourth-order valence-electron chi connectivity index (χ4n) is 2.48. The Hall–Kier alpha value is -3.54. The highest BCUT2D eigenvalue weighted by molar-refractivity contribution is 5.76. The Kier molecular flexibility index (Phi) is 13.1. The topological polar surface area (TPSA) is 159 Å². The van der Waals surface area contributed by atoms with E-state index in [-0.39, 0.29) is 49.8 Å². The molecule has 1 aromatic carbocycles. The number of hydrogen-bond donors (Lipinski definition) is 1. The summed E-state index contributed by atoms with van der Waals surface area (Å²) in [5.41, 5.74) is 6.44. The van der Waals surface area contributed by atoms with Gasteiger partial charge in [-0.2, -0.15) is 0 Å². The van der Waals surface area contributed by atoms with Crippen LogP contribution in [0.15, 0.2) is 18.2 Å². The molecule has 1 rings (SSSR count). The minimum Gasteiger partial charge on any atom is -0.458 e. The molecule has 0 saturated heterocycles. The molecule has 202 valence electrons. The third kappa shape index (κ3) is 11.3. The number of esters is 1. The van der Waals surface area contributed by atoms with E-state index in [2.05, 4.69) is 0 Å². The summed E-state index contributed by atoms with van der Waals surface area (Å²) in [6.07, 6.45) is -3.95. The average Bonchev–Trinajstić information content (AvgIpc) is 2.79. The third-order valence-corrected chi connectivity index (χ3v) is 4.65. The van der Waals surface area contributed by atoms with Gasteiger partial charge in [0.2, 0.25) is 0 Å². The Morgan fingerprint density at radius 2 is 1.39 bits per heavy atom. The first-order chi connectivity index (χ1) is 17.0. The molecule has 0 heterocycles. The van der Waals surface area contributed by atoms with Crippen LogP contribution in [0, 0.1) is 5.92 Å². The molecule has 36 heavy (non-hydrogen) atoms. The van der Waals surface area contributed by atoms with Gasteiger partial charge in [-0.05, 0) is 57.7 Å². The molecule has 0 aliphatic heterocycles. The van der Waals surface area contributed by atoms with Crippen LogP contribution < -0.4 is 15.2 Å². The molecule has 0 saturated carbocycles. The molecule has 0 fully saturated rings. The average molecular weight is 514 g/mol. The van der Waals surface area contributed by atoms with Gasteiger partial charge >= 0.3 is 24.4 Å². The lowest BCUT2D eigenvalue weighted by atomic mass is 10.1. The van der Waals surface area contributed by atoms with Crippen LogP contribution in [-0.2, 0) is 34.9 Å². The van der Waals surface area contributed by atoms with E-state index in [1.165, 1.54) is 25.1 Å². The molecule has 0 aliphatic carbocycles. The van der Waals surface area contributed by atoms with Crippen LogP contribution in [0.25, 0.3) is 0 Å². The second-order valence-corrected chi connectivity index (χ2v) is 8.04. The van der Waals surface area contributed by atoms with E-state index < -0.39 is 36.6 Å². The van der Waals surface area contributed by atoms with Crippen molar-refractivity contribution in [3.05, 3.63) is 23.8 Å². The number of carbonyl (C=O) groups excluding carboxylic acids is 4. The molecule has 0 amide bonds. The lowest BCUT2D eigenvalue weighted by Crippen LogP contribution is -2.37. The maximum absolute atomic E-state index is 12.4. The number of ether oxygens (including phenoxy) is 7. The zero-order chi connectivity index (χ0) is 27.3. The largest absolute Gasteiger partial charge is 0.513 e. The normalized spacial score (nSPS) is 13.1. The molecular weight excluding hydrogens is 478 g/mol. The first-order valence-corrected chi connectivity index (χ1v) is 11.6. The Morgan fingerprint density at radius 3 is 1.94 bits per heavy atom. The first kappa shape index (κ1) is 30.5. The van der Waals surface area contributed by atoms with Crippen molar-refractivity contribution in [1.29, 1.82) is 0 Å². The standard InChI is InChI=1S/C24H35NO11/c1-7-30-22(27)35-19-10-9-17(12-20(19)36-23(28)31-8-2)11-18(25)21(26)33-15(5)13-32-24(29)34-16(6)14(3)4/h9-10,12,14-16,18H,7-8,11,13,25H2,1-6H3/t15-,16?,18-/m0/s1. The van der Waals surface area contributed by atoms with Crippen molar-refractivity contribution in [2.24, 2.45) is 11.7 Å². The van der Waals surface area contributed by atoms with Gasteiger partial charge in [-0.1, -0.05) is 19.9 Å². The summed E-state index contributed by atoms with van der Waals surface area (Å²) in [7, 11) is 0. The van der Waals surface area contributed by atoms with Gasteiger partial charge in [0.15, 0.2) is 11.5 Å². The fraction of sp³-hybridized carbons (Fsp3) is 0.583. The van der Waals surface area contributed by atoms with Crippen molar-refractivity contribution in [2.45, 2.75) is 66.2 Å². The molecule has 0 aromatic heterocycles. The van der Waals surface area contributed by atoms with E-state index >= 15 is 0 Å². The Labute approximate surface area is 210 Å². The highest BCUT2D eigenvalue weighted by Crippen LogP contribution is 2.30. The van der Waals surface area contributed by atoms with Gasteiger partial charge in [0, 0.05) is 0 Å². The van der Waals surface area contributed by atoms with Crippen LogP contribution >= 0.6 is 0 Å². The predicted molar refractivity (Wildman–Crippen MR) is 126 cm³/mol. The van der Waals surface area contributed by atoms with Crippen LogP contribution in [0.1, 0.15) is 47.1 Å². The summed E-state index contributed by atoms with van der Waals surface area (Å²) in [5.74, 6) is -0.837. The highest BCUT2D eigenvalue weighted by Gasteiger charge is 2.22. The summed E-state index contributed by atoms with van der Waals surface area (Å²) in [4.78, 5) is 47.6. The highest BCUT2D eigenvalue weighted by atomic mass is 16.7. The van der Waals surface area contributed by atoms with Crippen molar-refractivity contribution < 1.29 is 52.3 Å². The van der Waals surface area contributed by atoms with Crippen LogP contribution in [0.3, 0.4) is 0 Å². The first-order valence-electron chi connectivity index (χ1n) is 11.6. The summed E-state index contributed by atoms with van der Waals surface area (Å²) >= 11 is 0. The number of hydrogen-bond acceptors (Lipinski definition) is 12. The molecule has 0 radical (unpaired) electrons. The van der Waals surface area contributed by atoms with Gasteiger partial charge in [0.05, 0.1) is 13.2 Å². The Morgan fingerprint density at radius 1 is 0.806 bits per heavy atom. The molecule has 12 nitrogen and oxygen atoms in total. The predicted octanol–water partition coefficient (Wildman–Crippen LogP) is 3.76. The van der Waals surface area contributed by atoms with Gasteiger partial charge in [-0.15, -0.1) is 0 Å². The van der Waals surface area contributed by atoms with Crippen molar-refractivity contribution in [2.75, 3.05) is 19.8 Å². The van der Waals surface area contributed by atoms with Crippen LogP contribution in [0.2, 0.25) is 0 Å². The third-order valence-electron chi connectivity index (χ3n) is 4.65. The van der Waals surface area contributed by atoms with Crippen LogP contribution in [-0.4, -0.2) is 62.5 Å². The summed E-state index contributed by atoms with van der Waals surface area (Å²) in [6.45, 7) is 10.2. The molecule has 1 unspecified atom stereocenters. The SMILES string of the molecule is CCOC(=O)Oc1ccc(C[C@H](N)C(=O)O[C@@H](C)COC(=O)OC(C)C(C)C)cc1OC(=O)OCC. The molecular formula is C24H35NO11. The van der Waals surface area contributed by atoms with Gasteiger partial charge in [0.1, 0.15) is 24.9 Å². The smallest absolute Gasteiger partial charge is 0.458 e. The minimum absolute atomic E-state index is 0.000767. The number of carbonyl (C=O) groups is 4. The fourth-order valence-corrected chi connectivity index (χ4v) is 2.48. The van der Waals surface area contributed by atoms with Gasteiger partial charge in [0.25, 0.3) is 0 Å². The lowest BCUT2D eigenvalue weighted by Gasteiger charge is -2.19. The molecule has 0 aliphatic rings. The Balaban J connectivity index is 2.75. The van der Waals surface area contributed by atoms with Crippen LogP contribution in [0.5, 0.6) is 11.5 Å². The second kappa shape index (κ2) is 15.5. The summed E-state index contributed by atoms with van der Waals surface area (Å²) in [6, 6.07) is 3.17. The summed E-state index contributed by atoms with van der Waals surface area (Å²) < 4.78 is 34.9. The number of benzene rings is 1. The van der Waals surface area contributed by atoms with Gasteiger partial charge in [-0.3, -0.25) is 4.79 Å². The number of rotatable bonds is 12. The maximum atomic E-state index is 12.4. The zero-order valence-electron chi connectivity index (χ0n) is 21.4. The van der Waals surface area contributed by atoms with Gasteiger partial charge in [-0.25, -0.2) is 14.4 Å². The molecule has 0 bridgehead atoms. The quantitative estimate of drug-likeness (QED) is 0.245. The molecule has 2 N–H and O–H groups in total. The summed E-state index contributed by atoms with van der Waals surface area (Å²) in [5, 5.41) is 0. The van der Waals surface area contributed by atoms with E-state index in [1.807, 2.05) is 13.8 Å². The minimum atomic E-state index is -1.09. The molecule has 12 heteroatoms. The maximum Gasteiger partial charge on any atom is 0.513 e. The van der Waals surface area contributed by atoms with Crippen molar-refractivity contribution >= 4 is 24.4 Å². The number of nitrogens with two attached hydrogens (primary N) is 1. The van der Waals surface area contributed by atoms with E-state index in [0.29, 0.717) is 5.56 Å². The van der Waals surface area contributed by atoms with Crippen molar-refractivity contribution in [3.8, 4) is 11.5 Å². The van der Waals surface area contributed by atoms with Crippen molar-refractivity contribution in [3.63, 3.8) is 0 Å². The molecule has 3 atom stereocenters. The monoisotopic (exact) mass is 513 g/mol. The van der Waals surface area contributed by atoms with E-state index in [1.54, 1.807) is 20.8 Å². The van der Waals surface area contributed by atoms with E-state index in [9.17, 15) is 19.2 Å². The lowest BCUT2D eigenvalue weighted by molar-refractivity contribution is -0.152. The van der Waals surface area contributed by atoms with E-state index in [0.717, 1.165) is 0 Å². The Bertz CT molecular complexity index is 887. The zero-order valence-corrected chi connectivity index (χ0v) is 21.4. The molecule has 0 spiro atoms. The molecule has 1 aromatic rings. The van der Waals surface area contributed by atoms with E-state index in [4.69, 9.17) is 38.9 Å².